The van der Waals surface area contributed by atoms with Crippen molar-refractivity contribution in [3.63, 3.8) is 0 Å². The minimum atomic E-state index is -0.263. The van der Waals surface area contributed by atoms with Gasteiger partial charge in [0.15, 0.2) is 5.13 Å². The molecule has 1 fully saturated rings. The maximum absolute atomic E-state index is 12.7. The van der Waals surface area contributed by atoms with E-state index in [1.54, 1.807) is 18.1 Å². The second kappa shape index (κ2) is 9.56. The molecule has 0 aliphatic carbocycles. The average Bonchev–Trinajstić information content (AvgIpc) is 3.57. The molecule has 0 spiro atoms. The zero-order valence-electron chi connectivity index (χ0n) is 18.8. The van der Waals surface area contributed by atoms with Crippen molar-refractivity contribution in [2.45, 2.75) is 0 Å². The van der Waals surface area contributed by atoms with Crippen LogP contribution in [0.4, 0.5) is 5.69 Å². The van der Waals surface area contributed by atoms with Crippen molar-refractivity contribution >= 4 is 39.1 Å². The van der Waals surface area contributed by atoms with Gasteiger partial charge in [-0.05, 0) is 42.5 Å². The van der Waals surface area contributed by atoms with Crippen LogP contribution in [-0.4, -0.2) is 66.1 Å². The summed E-state index contributed by atoms with van der Waals surface area (Å²) in [4.78, 5) is 34.0. The van der Waals surface area contributed by atoms with Gasteiger partial charge in [-0.15, -0.1) is 0 Å². The van der Waals surface area contributed by atoms with Gasteiger partial charge < -0.3 is 24.4 Å². The van der Waals surface area contributed by atoms with Crippen LogP contribution in [-0.2, 0) is 4.79 Å². The number of hydrogen-bond acceptors (Lipinski definition) is 6. The van der Waals surface area contributed by atoms with Crippen LogP contribution in [0.3, 0.4) is 0 Å². The number of rotatable bonds is 6. The van der Waals surface area contributed by atoms with Crippen LogP contribution < -0.4 is 15.0 Å². The molecule has 0 unspecified atom stereocenters. The van der Waals surface area contributed by atoms with Gasteiger partial charge in [0.05, 0.1) is 23.9 Å². The van der Waals surface area contributed by atoms with Gasteiger partial charge in [0.1, 0.15) is 5.75 Å². The molecule has 0 saturated carbocycles. The quantitative estimate of drug-likeness (QED) is 0.463. The molecule has 2 aromatic heterocycles. The number of aromatic nitrogens is 2. The van der Waals surface area contributed by atoms with Gasteiger partial charge in [0, 0.05) is 55.9 Å². The topological polar surface area (TPSA) is 79.7 Å². The molecule has 1 saturated heterocycles. The largest absolute Gasteiger partial charge is 0.497 e. The molecule has 1 aliphatic heterocycles. The molecule has 1 aliphatic rings. The van der Waals surface area contributed by atoms with Gasteiger partial charge in [0.2, 0.25) is 5.91 Å². The van der Waals surface area contributed by atoms with Gasteiger partial charge in [-0.3, -0.25) is 9.59 Å². The summed E-state index contributed by atoms with van der Waals surface area (Å²) in [6.07, 6.45) is 3.88. The number of anilines is 1. The number of thiazole rings is 1. The zero-order valence-corrected chi connectivity index (χ0v) is 19.6. The molecule has 4 aromatic rings. The molecule has 2 aromatic carbocycles. The number of methoxy groups -OCH3 is 1. The molecule has 1 N–H and O–H groups in total. The summed E-state index contributed by atoms with van der Waals surface area (Å²) >= 11 is 1.52. The van der Waals surface area contributed by atoms with Crippen molar-refractivity contribution in [1.82, 2.24) is 19.8 Å². The summed E-state index contributed by atoms with van der Waals surface area (Å²) in [6.45, 7) is 2.67. The first-order valence-corrected chi connectivity index (χ1v) is 11.9. The third-order valence-corrected chi connectivity index (χ3v) is 6.95. The lowest BCUT2D eigenvalue weighted by molar-refractivity contribution is -0.130. The average molecular weight is 476 g/mol. The number of benzene rings is 2. The van der Waals surface area contributed by atoms with E-state index in [1.807, 2.05) is 65.5 Å². The lowest BCUT2D eigenvalue weighted by Crippen LogP contribution is -2.51. The van der Waals surface area contributed by atoms with E-state index in [9.17, 15) is 9.59 Å². The SMILES string of the molecule is COc1cccc(N2CCN(C(=O)CNC(=O)c3ccc4nc(-n5cccc5)sc4c3)CC2)c1. The first kappa shape index (κ1) is 22.0. The zero-order chi connectivity index (χ0) is 23.5. The summed E-state index contributed by atoms with van der Waals surface area (Å²) in [5, 5.41) is 3.62. The third kappa shape index (κ3) is 4.60. The third-order valence-electron chi connectivity index (χ3n) is 5.92. The van der Waals surface area contributed by atoms with E-state index in [2.05, 4.69) is 15.2 Å². The molecular formula is C25H25N5O3S. The maximum Gasteiger partial charge on any atom is 0.251 e. The summed E-state index contributed by atoms with van der Waals surface area (Å²) in [5.41, 5.74) is 2.44. The van der Waals surface area contributed by atoms with Gasteiger partial charge in [-0.2, -0.15) is 0 Å². The molecule has 5 rings (SSSR count). The van der Waals surface area contributed by atoms with Crippen LogP contribution in [0.25, 0.3) is 15.3 Å². The fraction of sp³-hybridized carbons (Fsp3) is 0.240. The second-order valence-corrected chi connectivity index (χ2v) is 9.03. The minimum Gasteiger partial charge on any atom is -0.497 e. The number of carbonyl (C=O) groups is 2. The highest BCUT2D eigenvalue weighted by atomic mass is 32.1. The Morgan fingerprint density at radius 2 is 1.82 bits per heavy atom. The molecular weight excluding hydrogens is 450 g/mol. The number of nitrogens with zero attached hydrogens (tertiary/aromatic N) is 4. The normalized spacial score (nSPS) is 13.8. The van der Waals surface area contributed by atoms with Gasteiger partial charge >= 0.3 is 0 Å². The van der Waals surface area contributed by atoms with Crippen molar-refractivity contribution in [2.24, 2.45) is 0 Å². The van der Waals surface area contributed by atoms with Crippen LogP contribution in [0, 0.1) is 0 Å². The van der Waals surface area contributed by atoms with Crippen LogP contribution in [0.1, 0.15) is 10.4 Å². The smallest absolute Gasteiger partial charge is 0.251 e. The lowest BCUT2D eigenvalue weighted by atomic mass is 10.2. The van der Waals surface area contributed by atoms with Crippen molar-refractivity contribution in [2.75, 3.05) is 44.7 Å². The first-order valence-electron chi connectivity index (χ1n) is 11.1. The van der Waals surface area contributed by atoms with Gasteiger partial charge in [-0.1, -0.05) is 17.4 Å². The molecule has 34 heavy (non-hydrogen) atoms. The van der Waals surface area contributed by atoms with Crippen LogP contribution in [0.5, 0.6) is 5.75 Å². The Hall–Kier alpha value is -3.85. The summed E-state index contributed by atoms with van der Waals surface area (Å²) < 4.78 is 8.17. The Kier molecular flexibility index (Phi) is 6.18. The van der Waals surface area contributed by atoms with E-state index < -0.39 is 0 Å². The minimum absolute atomic E-state index is 0.0205. The monoisotopic (exact) mass is 475 g/mol. The predicted molar refractivity (Wildman–Crippen MR) is 133 cm³/mol. The first-order chi connectivity index (χ1) is 16.6. The predicted octanol–water partition coefficient (Wildman–Crippen LogP) is 3.17. The maximum atomic E-state index is 12.7. The molecule has 0 radical (unpaired) electrons. The Morgan fingerprint density at radius 3 is 2.59 bits per heavy atom. The van der Waals surface area contributed by atoms with Gasteiger partial charge in [0.25, 0.3) is 5.91 Å². The van der Waals surface area contributed by atoms with Crippen LogP contribution in [0.2, 0.25) is 0 Å². The summed E-state index contributed by atoms with van der Waals surface area (Å²) in [6, 6.07) is 17.2. The standard InChI is InChI=1S/C25H25N5O3S/c1-33-20-6-4-5-19(16-20)28-11-13-29(14-12-28)23(31)17-26-24(32)18-7-8-21-22(15-18)34-25(27-21)30-9-2-3-10-30/h2-10,15-16H,11-14,17H2,1H3,(H,26,32). The van der Waals surface area contributed by atoms with Gasteiger partial charge in [-0.25, -0.2) is 4.98 Å². The van der Waals surface area contributed by atoms with E-state index in [4.69, 9.17) is 4.74 Å². The molecule has 174 valence electrons. The fourth-order valence-corrected chi connectivity index (χ4v) is 4.99. The molecule has 2 amide bonds. The van der Waals surface area contributed by atoms with E-state index in [0.29, 0.717) is 18.7 Å². The highest BCUT2D eigenvalue weighted by Crippen LogP contribution is 2.26. The lowest BCUT2D eigenvalue weighted by Gasteiger charge is -2.36. The molecule has 0 atom stereocenters. The van der Waals surface area contributed by atoms with Crippen molar-refractivity contribution in [3.05, 3.63) is 72.6 Å². The Bertz CT molecular complexity index is 1310. The van der Waals surface area contributed by atoms with Crippen LogP contribution in [0.15, 0.2) is 67.0 Å². The highest BCUT2D eigenvalue weighted by molar-refractivity contribution is 7.20. The molecule has 9 heteroatoms. The van der Waals surface area contributed by atoms with E-state index >= 15 is 0 Å². The molecule has 3 heterocycles. The van der Waals surface area contributed by atoms with E-state index in [0.717, 1.165) is 39.9 Å². The number of hydrogen-bond donors (Lipinski definition) is 1. The Balaban J connectivity index is 1.15. The molecule has 0 bridgehead atoms. The number of piperazine rings is 1. The summed E-state index contributed by atoms with van der Waals surface area (Å²) in [5.74, 6) is 0.477. The number of ether oxygens (including phenoxy) is 1. The number of amides is 2. The number of fused-ring (bicyclic) bond motifs is 1. The highest BCUT2D eigenvalue weighted by Gasteiger charge is 2.22. The Morgan fingerprint density at radius 1 is 1.03 bits per heavy atom. The number of carbonyl (C=O) groups excluding carboxylic acids is 2. The summed E-state index contributed by atoms with van der Waals surface area (Å²) in [7, 11) is 1.65. The van der Waals surface area contributed by atoms with Crippen LogP contribution >= 0.6 is 11.3 Å². The van der Waals surface area contributed by atoms with Crippen molar-refractivity contribution < 1.29 is 14.3 Å². The molecule has 8 nitrogen and oxygen atoms in total. The van der Waals surface area contributed by atoms with Crippen molar-refractivity contribution in [1.29, 1.82) is 0 Å². The fourth-order valence-electron chi connectivity index (χ4n) is 4.02. The van der Waals surface area contributed by atoms with E-state index in [1.165, 1.54) is 11.3 Å². The second-order valence-electron chi connectivity index (χ2n) is 8.02. The number of nitrogens with one attached hydrogen (secondary N) is 1. The Labute approximate surface area is 201 Å². The van der Waals surface area contributed by atoms with Crippen molar-refractivity contribution in [3.8, 4) is 10.9 Å². The van der Waals surface area contributed by atoms with E-state index in [-0.39, 0.29) is 18.4 Å².